The molecule has 0 aliphatic carbocycles. The average Bonchev–Trinajstić information content (AvgIpc) is 3.24. The highest BCUT2D eigenvalue weighted by molar-refractivity contribution is 7.89. The fourth-order valence-electron chi connectivity index (χ4n) is 3.99. The molecule has 0 bridgehead atoms. The summed E-state index contributed by atoms with van der Waals surface area (Å²) in [7, 11) is -0.675. The molecule has 3 aromatic heterocycles. The van der Waals surface area contributed by atoms with Crippen LogP contribution in [0.15, 0.2) is 45.3 Å². The number of nitrogens with zero attached hydrogens (tertiary/aromatic N) is 6. The molecule has 1 aliphatic rings. The van der Waals surface area contributed by atoms with Gasteiger partial charge in [0.15, 0.2) is 11.2 Å². The highest BCUT2D eigenvalue weighted by atomic mass is 32.2. The molecule has 176 valence electrons. The van der Waals surface area contributed by atoms with Crippen molar-refractivity contribution in [1.29, 1.82) is 0 Å². The Morgan fingerprint density at radius 2 is 1.91 bits per heavy atom. The van der Waals surface area contributed by atoms with Gasteiger partial charge in [-0.25, -0.2) is 18.2 Å². The number of sulfonamides is 1. The van der Waals surface area contributed by atoms with Crippen molar-refractivity contribution in [2.45, 2.75) is 24.3 Å². The molecule has 13 heteroatoms. The van der Waals surface area contributed by atoms with Crippen LogP contribution in [0.5, 0.6) is 0 Å². The maximum atomic E-state index is 12.7. The van der Waals surface area contributed by atoms with Crippen LogP contribution in [-0.4, -0.2) is 61.9 Å². The van der Waals surface area contributed by atoms with Gasteiger partial charge in [-0.05, 0) is 30.9 Å². The third kappa shape index (κ3) is 4.33. The first kappa shape index (κ1) is 22.9. The number of piperidine rings is 1. The Bertz CT molecular complexity index is 1400. The first-order valence-corrected chi connectivity index (χ1v) is 11.9. The minimum Gasteiger partial charge on any atom is -0.354 e. The van der Waals surface area contributed by atoms with E-state index in [1.165, 1.54) is 52.3 Å². The Hall–Kier alpha value is -3.32. The third-order valence-electron chi connectivity index (χ3n) is 5.96. The average molecular weight is 476 g/mol. The Kier molecular flexibility index (Phi) is 6.17. The lowest BCUT2D eigenvalue weighted by atomic mass is 9.98. The van der Waals surface area contributed by atoms with Crippen LogP contribution < -0.4 is 16.6 Å². The summed E-state index contributed by atoms with van der Waals surface area (Å²) in [5.41, 5.74) is -0.596. The van der Waals surface area contributed by atoms with E-state index in [0.717, 1.165) is 4.57 Å². The molecule has 1 aliphatic heterocycles. The largest absolute Gasteiger partial charge is 0.354 e. The van der Waals surface area contributed by atoms with E-state index >= 15 is 0 Å². The number of pyridine rings is 1. The molecule has 0 radical (unpaired) electrons. The first-order chi connectivity index (χ1) is 15.7. The first-order valence-electron chi connectivity index (χ1n) is 10.5. The number of hydrogen-bond acceptors (Lipinski definition) is 7. The Balaban J connectivity index is 1.35. The van der Waals surface area contributed by atoms with E-state index in [-0.39, 0.29) is 34.4 Å². The van der Waals surface area contributed by atoms with Crippen LogP contribution in [-0.2, 0) is 35.5 Å². The van der Waals surface area contributed by atoms with E-state index in [9.17, 15) is 22.8 Å². The lowest BCUT2D eigenvalue weighted by molar-refractivity contribution is -0.121. The molecule has 0 atom stereocenters. The van der Waals surface area contributed by atoms with Crippen LogP contribution in [0.2, 0.25) is 0 Å². The normalized spacial score (nSPS) is 15.7. The molecule has 0 saturated carbocycles. The van der Waals surface area contributed by atoms with Crippen LogP contribution in [0.1, 0.15) is 12.8 Å². The number of amides is 1. The smallest absolute Gasteiger partial charge is 0.332 e. The van der Waals surface area contributed by atoms with E-state index in [2.05, 4.69) is 15.3 Å². The van der Waals surface area contributed by atoms with Gasteiger partial charge in [0.1, 0.15) is 11.4 Å². The Morgan fingerprint density at radius 1 is 1.18 bits per heavy atom. The zero-order valence-corrected chi connectivity index (χ0v) is 19.2. The zero-order chi connectivity index (χ0) is 23.8. The molecule has 0 aromatic carbocycles. The third-order valence-corrected chi connectivity index (χ3v) is 7.85. The summed E-state index contributed by atoms with van der Waals surface area (Å²) in [4.78, 5) is 45.2. The molecule has 1 saturated heterocycles. The Labute approximate surface area is 189 Å². The van der Waals surface area contributed by atoms with Crippen molar-refractivity contribution in [2.75, 3.05) is 19.6 Å². The van der Waals surface area contributed by atoms with Crippen molar-refractivity contribution in [3.63, 3.8) is 0 Å². The van der Waals surface area contributed by atoms with Crippen molar-refractivity contribution in [1.82, 2.24) is 33.3 Å². The standard InChI is InChI=1S/C20H25N7O5S/c1-24-18-17(19(29)25(2)20(24)30)26(13-23-18)12-16(28)22-10-14-5-8-27(9-6-14)33(31,32)15-4-3-7-21-11-15/h3-4,7,11,13-14H,5-6,8-10,12H2,1-2H3,(H,22,28). The van der Waals surface area contributed by atoms with E-state index in [1.807, 2.05) is 0 Å². The fourth-order valence-corrected chi connectivity index (χ4v) is 5.42. The van der Waals surface area contributed by atoms with Crippen LogP contribution >= 0.6 is 0 Å². The molecule has 4 heterocycles. The summed E-state index contributed by atoms with van der Waals surface area (Å²) in [6, 6.07) is 3.12. The zero-order valence-electron chi connectivity index (χ0n) is 18.3. The van der Waals surface area contributed by atoms with Gasteiger partial charge in [0.25, 0.3) is 5.56 Å². The topological polar surface area (TPSA) is 141 Å². The van der Waals surface area contributed by atoms with E-state index in [0.29, 0.717) is 32.5 Å². The van der Waals surface area contributed by atoms with Crippen molar-refractivity contribution < 1.29 is 13.2 Å². The Morgan fingerprint density at radius 3 is 2.58 bits per heavy atom. The minimum absolute atomic E-state index is 0.113. The SMILES string of the molecule is Cn1c(=O)c2c(ncn2CC(=O)NCC2CCN(S(=O)(=O)c3cccnc3)CC2)n(C)c1=O. The predicted octanol–water partition coefficient (Wildman–Crippen LogP) is -0.954. The number of rotatable bonds is 6. The molecule has 0 spiro atoms. The summed E-state index contributed by atoms with van der Waals surface area (Å²) < 4.78 is 30.5. The lowest BCUT2D eigenvalue weighted by Crippen LogP contribution is -2.42. The lowest BCUT2D eigenvalue weighted by Gasteiger charge is -2.31. The van der Waals surface area contributed by atoms with Crippen molar-refractivity contribution in [2.24, 2.45) is 20.0 Å². The molecule has 3 aromatic rings. The van der Waals surface area contributed by atoms with Crippen molar-refractivity contribution in [3.05, 3.63) is 51.7 Å². The molecule has 0 unspecified atom stereocenters. The van der Waals surface area contributed by atoms with Crippen LogP contribution in [0, 0.1) is 5.92 Å². The number of fused-ring (bicyclic) bond motifs is 1. The highest BCUT2D eigenvalue weighted by Gasteiger charge is 2.29. The summed E-state index contributed by atoms with van der Waals surface area (Å²) in [6.07, 6.45) is 5.48. The van der Waals surface area contributed by atoms with Gasteiger partial charge in [-0.15, -0.1) is 0 Å². The molecule has 1 amide bonds. The van der Waals surface area contributed by atoms with Gasteiger partial charge in [-0.2, -0.15) is 4.31 Å². The number of hydrogen-bond donors (Lipinski definition) is 1. The number of carbonyl (C=O) groups excluding carboxylic acids is 1. The monoisotopic (exact) mass is 475 g/mol. The van der Waals surface area contributed by atoms with Crippen LogP contribution in [0.25, 0.3) is 11.2 Å². The summed E-state index contributed by atoms with van der Waals surface area (Å²) >= 11 is 0. The van der Waals surface area contributed by atoms with Gasteiger partial charge < -0.3 is 9.88 Å². The molecule has 1 N–H and O–H groups in total. The van der Waals surface area contributed by atoms with Gasteiger partial charge in [0, 0.05) is 46.1 Å². The predicted molar refractivity (Wildman–Crippen MR) is 119 cm³/mol. The maximum absolute atomic E-state index is 12.7. The molecule has 12 nitrogen and oxygen atoms in total. The number of aromatic nitrogens is 5. The maximum Gasteiger partial charge on any atom is 0.332 e. The highest BCUT2D eigenvalue weighted by Crippen LogP contribution is 2.23. The second-order valence-electron chi connectivity index (χ2n) is 8.09. The van der Waals surface area contributed by atoms with E-state index in [4.69, 9.17) is 0 Å². The second-order valence-corrected chi connectivity index (χ2v) is 10.0. The number of imidazole rings is 1. The van der Waals surface area contributed by atoms with Crippen molar-refractivity contribution >= 4 is 27.1 Å². The van der Waals surface area contributed by atoms with Gasteiger partial charge in [-0.1, -0.05) is 0 Å². The molecular formula is C20H25N7O5S. The number of nitrogens with one attached hydrogen (secondary N) is 1. The minimum atomic E-state index is -3.57. The van der Waals surface area contributed by atoms with E-state index < -0.39 is 21.3 Å². The van der Waals surface area contributed by atoms with Gasteiger partial charge >= 0.3 is 5.69 Å². The van der Waals surface area contributed by atoms with Crippen LogP contribution in [0.3, 0.4) is 0 Å². The van der Waals surface area contributed by atoms with Gasteiger partial charge in [0.2, 0.25) is 15.9 Å². The molecular weight excluding hydrogens is 450 g/mol. The summed E-state index contributed by atoms with van der Waals surface area (Å²) in [6.45, 7) is 1.03. The van der Waals surface area contributed by atoms with Gasteiger partial charge in [0.05, 0.1) is 6.33 Å². The molecule has 33 heavy (non-hydrogen) atoms. The quantitative estimate of drug-likeness (QED) is 0.484. The number of aryl methyl sites for hydroxylation is 1. The fraction of sp³-hybridized carbons (Fsp3) is 0.450. The van der Waals surface area contributed by atoms with Crippen molar-refractivity contribution in [3.8, 4) is 0 Å². The summed E-state index contributed by atoms with van der Waals surface area (Å²) in [5.74, 6) is -0.155. The van der Waals surface area contributed by atoms with E-state index in [1.54, 1.807) is 6.07 Å². The number of carbonyl (C=O) groups is 1. The molecule has 1 fully saturated rings. The summed E-state index contributed by atoms with van der Waals surface area (Å²) in [5, 5.41) is 2.86. The second kappa shape index (κ2) is 8.90. The van der Waals surface area contributed by atoms with Gasteiger partial charge in [-0.3, -0.25) is 23.7 Å². The molecule has 4 rings (SSSR count). The van der Waals surface area contributed by atoms with Crippen LogP contribution in [0.4, 0.5) is 0 Å².